The van der Waals surface area contributed by atoms with Crippen molar-refractivity contribution >= 4 is 11.8 Å². The lowest BCUT2D eigenvalue weighted by Gasteiger charge is -2.37. The minimum Gasteiger partial charge on any atom is -0.393 e. The lowest BCUT2D eigenvalue weighted by Crippen LogP contribution is -2.51. The quantitative estimate of drug-likeness (QED) is 0.620. The summed E-state index contributed by atoms with van der Waals surface area (Å²) in [6.45, 7) is 0.866. The van der Waals surface area contributed by atoms with Crippen LogP contribution in [0.5, 0.6) is 0 Å². The molecule has 0 aliphatic carbocycles. The third-order valence-corrected chi connectivity index (χ3v) is 2.80. The van der Waals surface area contributed by atoms with Crippen LogP contribution in [0.25, 0.3) is 0 Å². The number of piperidine rings is 1. The molecule has 6 nitrogen and oxygen atoms in total. The second kappa shape index (κ2) is 4.23. The Balaban J connectivity index is 2.16. The van der Waals surface area contributed by atoms with Crippen LogP contribution in [0.4, 0.5) is 11.8 Å². The van der Waals surface area contributed by atoms with Crippen molar-refractivity contribution < 1.29 is 10.2 Å². The number of aliphatic hydroxyl groups is 2. The van der Waals surface area contributed by atoms with Gasteiger partial charge < -0.3 is 20.8 Å². The number of β-amino-alcohol motifs (C(OH)–C–C–N with tert-alkyl or cyclic N) is 1. The van der Waals surface area contributed by atoms with Crippen LogP contribution in [-0.2, 0) is 0 Å². The third-order valence-electron chi connectivity index (χ3n) is 2.80. The Hall–Kier alpha value is -1.40. The molecule has 2 heterocycles. The van der Waals surface area contributed by atoms with E-state index in [-0.39, 0.29) is 6.61 Å². The summed E-state index contributed by atoms with van der Waals surface area (Å²) in [6.07, 6.45) is 2.99. The Kier molecular flexibility index (Phi) is 2.93. The fraction of sp³-hybridized carbons (Fsp3) is 0.600. The molecule has 0 bridgehead atoms. The first-order valence-electron chi connectivity index (χ1n) is 5.30. The van der Waals surface area contributed by atoms with Crippen LogP contribution in [0, 0.1) is 0 Å². The van der Waals surface area contributed by atoms with Gasteiger partial charge in [-0.3, -0.25) is 0 Å². The van der Waals surface area contributed by atoms with E-state index in [9.17, 15) is 5.11 Å². The second-order valence-corrected chi connectivity index (χ2v) is 4.19. The highest BCUT2D eigenvalue weighted by atomic mass is 16.3. The van der Waals surface area contributed by atoms with E-state index in [1.807, 2.05) is 4.90 Å². The molecule has 0 radical (unpaired) electrons. The van der Waals surface area contributed by atoms with Gasteiger partial charge in [-0.05, 0) is 18.9 Å². The predicted octanol–water partition coefficient (Wildman–Crippen LogP) is -0.618. The molecular weight excluding hydrogens is 208 g/mol. The molecular formula is C10H16N4O2. The molecule has 1 aliphatic heterocycles. The lowest BCUT2D eigenvalue weighted by atomic mass is 9.94. The average molecular weight is 224 g/mol. The number of nitrogens with zero attached hydrogens (tertiary/aromatic N) is 3. The summed E-state index contributed by atoms with van der Waals surface area (Å²) >= 11 is 0. The summed E-state index contributed by atoms with van der Waals surface area (Å²) in [6, 6.07) is 1.62. The summed E-state index contributed by atoms with van der Waals surface area (Å²) in [7, 11) is 0. The van der Waals surface area contributed by atoms with E-state index in [0.29, 0.717) is 24.7 Å². The van der Waals surface area contributed by atoms with Crippen molar-refractivity contribution in [1.29, 1.82) is 0 Å². The largest absolute Gasteiger partial charge is 0.393 e. The Bertz CT molecular complexity index is 374. The smallest absolute Gasteiger partial charge is 0.227 e. The van der Waals surface area contributed by atoms with Gasteiger partial charge in [-0.1, -0.05) is 0 Å². The fourth-order valence-electron chi connectivity index (χ4n) is 1.93. The lowest BCUT2D eigenvalue weighted by molar-refractivity contribution is -0.0244. The van der Waals surface area contributed by atoms with Gasteiger partial charge >= 0.3 is 0 Å². The monoisotopic (exact) mass is 224 g/mol. The molecule has 16 heavy (non-hydrogen) atoms. The minimum atomic E-state index is -1.05. The third kappa shape index (κ3) is 2.23. The Morgan fingerprint density at radius 1 is 1.56 bits per heavy atom. The summed E-state index contributed by atoms with van der Waals surface area (Å²) in [4.78, 5) is 10.0. The molecule has 2 rings (SSSR count). The van der Waals surface area contributed by atoms with Crippen LogP contribution < -0.4 is 10.6 Å². The highest BCUT2D eigenvalue weighted by molar-refractivity contribution is 5.38. The van der Waals surface area contributed by atoms with Crippen LogP contribution in [0.15, 0.2) is 12.3 Å². The number of hydrogen-bond acceptors (Lipinski definition) is 6. The first-order valence-corrected chi connectivity index (χ1v) is 5.30. The molecule has 1 atom stereocenters. The summed E-state index contributed by atoms with van der Waals surface area (Å²) in [5.41, 5.74) is 4.53. The maximum atomic E-state index is 10.0. The van der Waals surface area contributed by atoms with Crippen molar-refractivity contribution in [1.82, 2.24) is 9.97 Å². The maximum absolute atomic E-state index is 10.0. The molecule has 1 aliphatic rings. The van der Waals surface area contributed by atoms with Crippen molar-refractivity contribution in [2.75, 3.05) is 30.3 Å². The molecule has 1 fully saturated rings. The molecule has 0 unspecified atom stereocenters. The van der Waals surface area contributed by atoms with Crippen molar-refractivity contribution in [2.45, 2.75) is 18.4 Å². The molecule has 88 valence electrons. The molecule has 1 aromatic rings. The van der Waals surface area contributed by atoms with Gasteiger partial charge in [-0.2, -0.15) is 4.98 Å². The number of nitrogens with two attached hydrogens (primary N) is 1. The predicted molar refractivity (Wildman–Crippen MR) is 59.9 cm³/mol. The van der Waals surface area contributed by atoms with Crippen molar-refractivity contribution in [3.8, 4) is 0 Å². The Morgan fingerprint density at radius 2 is 2.38 bits per heavy atom. The topological polar surface area (TPSA) is 95.5 Å². The molecule has 0 spiro atoms. The van der Waals surface area contributed by atoms with Crippen LogP contribution >= 0.6 is 0 Å². The summed E-state index contributed by atoms with van der Waals surface area (Å²) in [5.74, 6) is 0.912. The van der Waals surface area contributed by atoms with Gasteiger partial charge in [-0.15, -0.1) is 0 Å². The standard InChI is InChI=1S/C10H16N4O2/c11-8-2-4-12-9(13-8)14-5-1-3-10(16,6-14)7-15/h2,4,15-16H,1,3,5-7H2,(H2,11,12,13)/t10-/m0/s1. The first kappa shape index (κ1) is 11.1. The number of anilines is 2. The first-order chi connectivity index (χ1) is 7.63. The van der Waals surface area contributed by atoms with Gasteiger partial charge in [0.25, 0.3) is 0 Å². The van der Waals surface area contributed by atoms with E-state index < -0.39 is 5.60 Å². The van der Waals surface area contributed by atoms with Crippen molar-refractivity contribution in [3.05, 3.63) is 12.3 Å². The van der Waals surface area contributed by atoms with E-state index in [0.717, 1.165) is 13.0 Å². The van der Waals surface area contributed by atoms with Crippen LogP contribution in [0.1, 0.15) is 12.8 Å². The van der Waals surface area contributed by atoms with E-state index in [1.54, 1.807) is 12.3 Å². The molecule has 1 aromatic heterocycles. The molecule has 0 saturated carbocycles. The van der Waals surface area contributed by atoms with Crippen molar-refractivity contribution in [2.24, 2.45) is 0 Å². The Morgan fingerprint density at radius 3 is 3.06 bits per heavy atom. The van der Waals surface area contributed by atoms with Crippen LogP contribution in [0.3, 0.4) is 0 Å². The zero-order chi connectivity index (χ0) is 11.6. The number of aromatic nitrogens is 2. The van der Waals surface area contributed by atoms with E-state index in [2.05, 4.69) is 9.97 Å². The molecule has 1 saturated heterocycles. The van der Waals surface area contributed by atoms with Gasteiger partial charge in [0.2, 0.25) is 5.95 Å². The zero-order valence-electron chi connectivity index (χ0n) is 9.00. The SMILES string of the molecule is Nc1ccnc(N2CCC[C@@](O)(CO)C2)n1. The van der Waals surface area contributed by atoms with Gasteiger partial charge in [0.15, 0.2) is 0 Å². The van der Waals surface area contributed by atoms with E-state index in [1.165, 1.54) is 0 Å². The second-order valence-electron chi connectivity index (χ2n) is 4.19. The van der Waals surface area contributed by atoms with Gasteiger partial charge in [0.05, 0.1) is 13.2 Å². The summed E-state index contributed by atoms with van der Waals surface area (Å²) < 4.78 is 0. The minimum absolute atomic E-state index is 0.244. The highest BCUT2D eigenvalue weighted by Crippen LogP contribution is 2.23. The number of aliphatic hydroxyl groups excluding tert-OH is 1. The van der Waals surface area contributed by atoms with E-state index in [4.69, 9.17) is 10.8 Å². The highest BCUT2D eigenvalue weighted by Gasteiger charge is 2.33. The van der Waals surface area contributed by atoms with Crippen LogP contribution in [-0.4, -0.2) is 45.5 Å². The zero-order valence-corrected chi connectivity index (χ0v) is 9.00. The fourth-order valence-corrected chi connectivity index (χ4v) is 1.93. The van der Waals surface area contributed by atoms with Crippen LogP contribution in [0.2, 0.25) is 0 Å². The molecule has 0 amide bonds. The van der Waals surface area contributed by atoms with E-state index >= 15 is 0 Å². The molecule has 4 N–H and O–H groups in total. The van der Waals surface area contributed by atoms with Crippen molar-refractivity contribution in [3.63, 3.8) is 0 Å². The maximum Gasteiger partial charge on any atom is 0.227 e. The normalized spacial score (nSPS) is 25.8. The average Bonchev–Trinajstić information content (AvgIpc) is 2.29. The van der Waals surface area contributed by atoms with Gasteiger partial charge in [0.1, 0.15) is 11.4 Å². The van der Waals surface area contributed by atoms with Gasteiger partial charge in [0, 0.05) is 12.7 Å². The molecule has 0 aromatic carbocycles. The number of hydrogen-bond donors (Lipinski definition) is 3. The number of nitrogen functional groups attached to an aromatic ring is 1. The Labute approximate surface area is 93.7 Å². The van der Waals surface area contributed by atoms with Gasteiger partial charge in [-0.25, -0.2) is 4.98 Å². The molecule has 6 heteroatoms. The summed E-state index contributed by atoms with van der Waals surface area (Å²) in [5, 5.41) is 19.1. The number of rotatable bonds is 2.